The van der Waals surface area contributed by atoms with Gasteiger partial charge in [-0.1, -0.05) is 55.7 Å². The molecule has 132 valence electrons. The summed E-state index contributed by atoms with van der Waals surface area (Å²) in [7, 11) is 0. The average Bonchev–Trinajstić information content (AvgIpc) is 2.62. The Morgan fingerprint density at radius 3 is 2.25 bits per heavy atom. The van der Waals surface area contributed by atoms with E-state index in [1.807, 2.05) is 12.1 Å². The Hall–Kier alpha value is -0.750. The first-order valence-corrected chi connectivity index (χ1v) is 10.5. The topological polar surface area (TPSA) is 0 Å². The van der Waals surface area contributed by atoms with Crippen molar-refractivity contribution in [1.82, 2.24) is 0 Å². The van der Waals surface area contributed by atoms with E-state index in [9.17, 15) is 0 Å². The molecule has 2 saturated carbocycles. The largest absolute Gasteiger partial charge is 0.0882 e. The molecule has 0 atom stereocenters. The zero-order valence-corrected chi connectivity index (χ0v) is 16.0. The molecule has 0 N–H and O–H groups in total. The highest BCUT2D eigenvalue weighted by Crippen LogP contribution is 2.38. The second-order valence-corrected chi connectivity index (χ2v) is 8.73. The molecule has 1 heteroatoms. The molecule has 0 unspecified atom stereocenters. The van der Waals surface area contributed by atoms with Gasteiger partial charge in [0.25, 0.3) is 0 Å². The molecule has 3 rings (SSSR count). The van der Waals surface area contributed by atoms with Gasteiger partial charge < -0.3 is 0 Å². The molecule has 0 radical (unpaired) electrons. The third kappa shape index (κ3) is 5.38. The Kier molecular flexibility index (Phi) is 6.84. The Balaban J connectivity index is 1.34. The number of hydrogen-bond acceptors (Lipinski definition) is 0. The predicted octanol–water partition coefficient (Wildman–Crippen LogP) is 7.78. The normalized spacial score (nSPS) is 31.4. The molecule has 0 aromatic heterocycles. The number of hydrogen-bond donors (Lipinski definition) is 0. The molecular weight excluding hydrogens is 312 g/mol. The lowest BCUT2D eigenvalue weighted by atomic mass is 9.77. The molecule has 0 bridgehead atoms. The van der Waals surface area contributed by atoms with Crippen molar-refractivity contribution >= 4 is 11.6 Å². The van der Waals surface area contributed by atoms with Gasteiger partial charge in [-0.15, -0.1) is 0 Å². The smallest absolute Gasteiger partial charge is 0.0406 e. The Morgan fingerprint density at radius 2 is 1.58 bits per heavy atom. The summed E-state index contributed by atoms with van der Waals surface area (Å²) in [6, 6.07) is 8.53. The second-order valence-electron chi connectivity index (χ2n) is 8.29. The molecule has 0 nitrogen and oxygen atoms in total. The van der Waals surface area contributed by atoms with Crippen molar-refractivity contribution < 1.29 is 0 Å². The van der Waals surface area contributed by atoms with E-state index in [0.717, 1.165) is 28.7 Å². The average molecular weight is 345 g/mol. The van der Waals surface area contributed by atoms with E-state index in [2.05, 4.69) is 31.2 Å². The van der Waals surface area contributed by atoms with Crippen molar-refractivity contribution in [3.05, 3.63) is 47.0 Å². The van der Waals surface area contributed by atoms with Gasteiger partial charge in [0.15, 0.2) is 0 Å². The second kappa shape index (κ2) is 9.09. The van der Waals surface area contributed by atoms with Gasteiger partial charge in [0.1, 0.15) is 0 Å². The highest BCUT2D eigenvalue weighted by molar-refractivity contribution is 6.30. The van der Waals surface area contributed by atoms with Gasteiger partial charge in [-0.05, 0) is 92.7 Å². The van der Waals surface area contributed by atoms with Crippen LogP contribution in [0.2, 0.25) is 5.02 Å². The van der Waals surface area contributed by atoms with E-state index >= 15 is 0 Å². The molecule has 0 spiro atoms. The lowest BCUT2D eigenvalue weighted by molar-refractivity contribution is 0.310. The minimum Gasteiger partial charge on any atom is -0.0882 e. The number of allylic oxidation sites excluding steroid dienone is 2. The molecule has 0 aliphatic heterocycles. The number of halogens is 1. The minimum absolute atomic E-state index is 0.762. The Bertz CT molecular complexity index is 499. The standard InChI is InChI=1S/C23H33Cl/c1-18-6-8-19(9-7-18)4-2-3-5-20-10-12-21(13-11-20)22-14-16-23(24)17-15-22/h2,4,14-21H,3,5-13H2,1H3/b4-2+. The quantitative estimate of drug-likeness (QED) is 0.478. The summed E-state index contributed by atoms with van der Waals surface area (Å²) in [5, 5.41) is 0.853. The summed E-state index contributed by atoms with van der Waals surface area (Å²) >= 11 is 6.00. The molecule has 0 amide bonds. The SMILES string of the molecule is CC1CCC(/C=C/CCC2CCC(c3ccc(Cl)cc3)CC2)CC1. The van der Waals surface area contributed by atoms with E-state index in [-0.39, 0.29) is 0 Å². The van der Waals surface area contributed by atoms with Crippen LogP contribution in [-0.4, -0.2) is 0 Å². The molecule has 24 heavy (non-hydrogen) atoms. The van der Waals surface area contributed by atoms with E-state index < -0.39 is 0 Å². The van der Waals surface area contributed by atoms with Crippen LogP contribution in [0.15, 0.2) is 36.4 Å². The maximum Gasteiger partial charge on any atom is 0.0406 e. The van der Waals surface area contributed by atoms with Crippen molar-refractivity contribution in [3.63, 3.8) is 0 Å². The lowest BCUT2D eigenvalue weighted by Gasteiger charge is -2.28. The molecule has 2 aliphatic rings. The van der Waals surface area contributed by atoms with E-state index in [4.69, 9.17) is 11.6 Å². The summed E-state index contributed by atoms with van der Waals surface area (Å²) < 4.78 is 0. The van der Waals surface area contributed by atoms with Gasteiger partial charge in [-0.25, -0.2) is 0 Å². The van der Waals surface area contributed by atoms with Crippen LogP contribution in [0.3, 0.4) is 0 Å². The molecule has 2 fully saturated rings. The number of benzene rings is 1. The minimum atomic E-state index is 0.762. The van der Waals surface area contributed by atoms with Crippen LogP contribution < -0.4 is 0 Å². The van der Waals surface area contributed by atoms with Crippen LogP contribution in [-0.2, 0) is 0 Å². The fourth-order valence-electron chi connectivity index (χ4n) is 4.62. The summed E-state index contributed by atoms with van der Waals surface area (Å²) in [6.07, 6.45) is 18.9. The first kappa shape index (κ1) is 18.1. The van der Waals surface area contributed by atoms with E-state index in [1.54, 1.807) is 0 Å². The summed E-state index contributed by atoms with van der Waals surface area (Å²) in [4.78, 5) is 0. The highest BCUT2D eigenvalue weighted by Gasteiger charge is 2.22. The molecule has 0 saturated heterocycles. The van der Waals surface area contributed by atoms with Gasteiger partial charge in [0.05, 0.1) is 0 Å². The monoisotopic (exact) mass is 344 g/mol. The van der Waals surface area contributed by atoms with E-state index in [0.29, 0.717) is 0 Å². The van der Waals surface area contributed by atoms with Crippen molar-refractivity contribution in [2.75, 3.05) is 0 Å². The first-order chi connectivity index (χ1) is 11.7. The van der Waals surface area contributed by atoms with Gasteiger partial charge in [-0.2, -0.15) is 0 Å². The fraction of sp³-hybridized carbons (Fsp3) is 0.652. The zero-order chi connectivity index (χ0) is 16.8. The Labute approximate surface area is 153 Å². The van der Waals surface area contributed by atoms with Gasteiger partial charge in [-0.3, -0.25) is 0 Å². The van der Waals surface area contributed by atoms with Crippen LogP contribution in [0.4, 0.5) is 0 Å². The summed E-state index contributed by atoms with van der Waals surface area (Å²) in [5.41, 5.74) is 1.49. The van der Waals surface area contributed by atoms with E-state index in [1.165, 1.54) is 69.8 Å². The van der Waals surface area contributed by atoms with Crippen LogP contribution in [0.1, 0.15) is 82.6 Å². The maximum atomic E-state index is 6.00. The van der Waals surface area contributed by atoms with Crippen molar-refractivity contribution in [2.45, 2.75) is 77.0 Å². The Morgan fingerprint density at radius 1 is 0.917 bits per heavy atom. The fourth-order valence-corrected chi connectivity index (χ4v) is 4.74. The molecule has 0 heterocycles. The third-order valence-corrected chi connectivity index (χ3v) is 6.65. The van der Waals surface area contributed by atoms with Gasteiger partial charge in [0.2, 0.25) is 0 Å². The van der Waals surface area contributed by atoms with Crippen molar-refractivity contribution in [1.29, 1.82) is 0 Å². The maximum absolute atomic E-state index is 6.00. The van der Waals surface area contributed by atoms with Crippen LogP contribution >= 0.6 is 11.6 Å². The molecule has 1 aromatic carbocycles. The van der Waals surface area contributed by atoms with Crippen LogP contribution in [0.25, 0.3) is 0 Å². The molecule has 1 aromatic rings. The summed E-state index contributed by atoms with van der Waals surface area (Å²) in [6.45, 7) is 2.40. The first-order valence-electron chi connectivity index (χ1n) is 10.1. The third-order valence-electron chi connectivity index (χ3n) is 6.40. The number of rotatable bonds is 5. The van der Waals surface area contributed by atoms with Crippen molar-refractivity contribution in [2.24, 2.45) is 17.8 Å². The van der Waals surface area contributed by atoms with Crippen molar-refractivity contribution in [3.8, 4) is 0 Å². The highest BCUT2D eigenvalue weighted by atomic mass is 35.5. The zero-order valence-electron chi connectivity index (χ0n) is 15.2. The lowest BCUT2D eigenvalue weighted by Crippen LogP contribution is -2.13. The predicted molar refractivity (Wildman–Crippen MR) is 106 cm³/mol. The molecule has 2 aliphatic carbocycles. The van der Waals surface area contributed by atoms with Gasteiger partial charge >= 0.3 is 0 Å². The summed E-state index contributed by atoms with van der Waals surface area (Å²) in [5.74, 6) is 3.55. The van der Waals surface area contributed by atoms with Crippen LogP contribution in [0, 0.1) is 17.8 Å². The van der Waals surface area contributed by atoms with Crippen LogP contribution in [0.5, 0.6) is 0 Å². The van der Waals surface area contributed by atoms with Gasteiger partial charge in [0, 0.05) is 5.02 Å². The molecular formula is C23H33Cl.